The molecule has 0 bridgehead atoms. The fraction of sp³-hybridized carbons (Fsp3) is 0.238. The van der Waals surface area contributed by atoms with Crippen molar-refractivity contribution in [3.05, 3.63) is 60.2 Å². The minimum Gasteiger partial charge on any atom is -0.427 e. The number of hydrogen-bond acceptors (Lipinski definition) is 5. The standard InChI is InChI=1S/C21H22N2O5S/c1-16(24)28-19-6-4-5-17(15-19)7-12-21(25)22-18-8-10-20(11-9-18)29(26,27)23-13-2-3-14-23/h4-12,15H,2-3,13-14H2,1H3,(H,22,25)/b12-7+. The molecule has 1 amide bonds. The molecule has 1 heterocycles. The average molecular weight is 414 g/mol. The smallest absolute Gasteiger partial charge is 0.308 e. The molecule has 0 aliphatic carbocycles. The molecular weight excluding hydrogens is 392 g/mol. The summed E-state index contributed by atoms with van der Waals surface area (Å²) in [6.07, 6.45) is 4.70. The first kappa shape index (κ1) is 20.8. The molecule has 1 saturated heterocycles. The van der Waals surface area contributed by atoms with Crippen molar-refractivity contribution in [1.29, 1.82) is 0 Å². The van der Waals surface area contributed by atoms with Crippen molar-refractivity contribution in [3.63, 3.8) is 0 Å². The molecule has 0 spiro atoms. The van der Waals surface area contributed by atoms with E-state index in [-0.39, 0.29) is 10.8 Å². The molecule has 3 rings (SSSR count). The lowest BCUT2D eigenvalue weighted by molar-refractivity contribution is -0.131. The van der Waals surface area contributed by atoms with Gasteiger partial charge in [-0.05, 0) is 60.9 Å². The van der Waals surface area contributed by atoms with E-state index in [4.69, 9.17) is 4.74 Å². The molecule has 7 nitrogen and oxygen atoms in total. The minimum atomic E-state index is -3.47. The van der Waals surface area contributed by atoms with E-state index in [1.165, 1.54) is 29.4 Å². The fourth-order valence-electron chi connectivity index (χ4n) is 2.99. The third-order valence-electron chi connectivity index (χ3n) is 4.37. The van der Waals surface area contributed by atoms with Crippen molar-refractivity contribution < 1.29 is 22.7 Å². The molecule has 0 aromatic heterocycles. The Hall–Kier alpha value is -2.97. The highest BCUT2D eigenvalue weighted by Gasteiger charge is 2.26. The second kappa shape index (κ2) is 9.02. The lowest BCUT2D eigenvalue weighted by Crippen LogP contribution is -2.27. The number of ether oxygens (including phenoxy) is 1. The Morgan fingerprint density at radius 2 is 1.76 bits per heavy atom. The number of sulfonamides is 1. The van der Waals surface area contributed by atoms with Crippen LogP contribution in [0, 0.1) is 0 Å². The molecule has 1 N–H and O–H groups in total. The lowest BCUT2D eigenvalue weighted by atomic mass is 10.2. The zero-order chi connectivity index (χ0) is 20.9. The maximum absolute atomic E-state index is 12.5. The highest BCUT2D eigenvalue weighted by Crippen LogP contribution is 2.22. The number of nitrogens with zero attached hydrogens (tertiary/aromatic N) is 1. The number of carbonyl (C=O) groups excluding carboxylic acids is 2. The topological polar surface area (TPSA) is 92.8 Å². The first-order chi connectivity index (χ1) is 13.8. The van der Waals surface area contributed by atoms with Crippen LogP contribution < -0.4 is 10.1 Å². The molecule has 1 aliphatic heterocycles. The van der Waals surface area contributed by atoms with Gasteiger partial charge < -0.3 is 10.1 Å². The van der Waals surface area contributed by atoms with E-state index in [0.717, 1.165) is 12.8 Å². The molecule has 2 aromatic rings. The van der Waals surface area contributed by atoms with Crippen LogP contribution in [0.4, 0.5) is 5.69 Å². The van der Waals surface area contributed by atoms with Crippen molar-refractivity contribution in [2.45, 2.75) is 24.7 Å². The minimum absolute atomic E-state index is 0.218. The molecule has 29 heavy (non-hydrogen) atoms. The highest BCUT2D eigenvalue weighted by atomic mass is 32.2. The first-order valence-electron chi connectivity index (χ1n) is 9.22. The predicted octanol–water partition coefficient (Wildman–Crippen LogP) is 3.05. The largest absolute Gasteiger partial charge is 0.427 e. The summed E-state index contributed by atoms with van der Waals surface area (Å²) in [6.45, 7) is 2.41. The van der Waals surface area contributed by atoms with Gasteiger partial charge in [-0.3, -0.25) is 9.59 Å². The van der Waals surface area contributed by atoms with Gasteiger partial charge in [-0.25, -0.2) is 8.42 Å². The fourth-order valence-corrected chi connectivity index (χ4v) is 4.51. The summed E-state index contributed by atoms with van der Waals surface area (Å²) in [7, 11) is -3.47. The van der Waals surface area contributed by atoms with E-state index >= 15 is 0 Å². The number of anilines is 1. The van der Waals surface area contributed by atoms with E-state index in [1.807, 2.05) is 0 Å². The Bertz CT molecular complexity index is 1020. The van der Waals surface area contributed by atoms with Gasteiger partial charge in [-0.2, -0.15) is 4.31 Å². The van der Waals surface area contributed by atoms with Gasteiger partial charge in [0.1, 0.15) is 5.75 Å². The Kier molecular flexibility index (Phi) is 6.46. The van der Waals surface area contributed by atoms with Crippen molar-refractivity contribution in [2.75, 3.05) is 18.4 Å². The molecule has 8 heteroatoms. The highest BCUT2D eigenvalue weighted by molar-refractivity contribution is 7.89. The van der Waals surface area contributed by atoms with Crippen LogP contribution in [0.5, 0.6) is 5.75 Å². The quantitative estimate of drug-likeness (QED) is 0.446. The van der Waals surface area contributed by atoms with Crippen molar-refractivity contribution >= 4 is 33.7 Å². The summed E-state index contributed by atoms with van der Waals surface area (Å²) in [5, 5.41) is 2.69. The number of esters is 1. The van der Waals surface area contributed by atoms with Gasteiger partial charge in [0, 0.05) is 31.8 Å². The molecule has 0 atom stereocenters. The number of rotatable bonds is 6. The molecule has 152 valence electrons. The number of carbonyl (C=O) groups is 2. The molecule has 0 radical (unpaired) electrons. The molecule has 2 aromatic carbocycles. The van der Waals surface area contributed by atoms with Gasteiger partial charge in [0.2, 0.25) is 15.9 Å². The Balaban J connectivity index is 1.62. The van der Waals surface area contributed by atoms with Crippen LogP contribution in [0.25, 0.3) is 6.08 Å². The maximum atomic E-state index is 12.5. The third-order valence-corrected chi connectivity index (χ3v) is 6.28. The summed E-state index contributed by atoms with van der Waals surface area (Å²) >= 11 is 0. The summed E-state index contributed by atoms with van der Waals surface area (Å²) in [4.78, 5) is 23.4. The Morgan fingerprint density at radius 1 is 1.07 bits per heavy atom. The van der Waals surface area contributed by atoms with Crippen molar-refractivity contribution in [2.24, 2.45) is 0 Å². The second-order valence-corrected chi connectivity index (χ2v) is 8.56. The summed E-state index contributed by atoms with van der Waals surface area (Å²) in [5.41, 5.74) is 1.19. The molecule has 0 unspecified atom stereocenters. The van der Waals surface area contributed by atoms with Gasteiger partial charge in [0.15, 0.2) is 0 Å². The normalized spacial score (nSPS) is 14.8. The van der Waals surface area contributed by atoms with E-state index in [9.17, 15) is 18.0 Å². The predicted molar refractivity (Wildman–Crippen MR) is 110 cm³/mol. The van der Waals surface area contributed by atoms with Crippen LogP contribution in [0.2, 0.25) is 0 Å². The van der Waals surface area contributed by atoms with Crippen LogP contribution in [0.15, 0.2) is 59.5 Å². The third kappa shape index (κ3) is 5.52. The van der Waals surface area contributed by atoms with Crippen LogP contribution in [0.3, 0.4) is 0 Å². The Labute approximate surface area is 170 Å². The Morgan fingerprint density at radius 3 is 2.41 bits per heavy atom. The number of hydrogen-bond donors (Lipinski definition) is 1. The van der Waals surface area contributed by atoms with Gasteiger partial charge in [-0.15, -0.1) is 0 Å². The zero-order valence-electron chi connectivity index (χ0n) is 16.0. The van der Waals surface area contributed by atoms with E-state index < -0.39 is 16.0 Å². The lowest BCUT2D eigenvalue weighted by Gasteiger charge is -2.15. The molecule has 1 fully saturated rings. The SMILES string of the molecule is CC(=O)Oc1cccc(/C=C/C(=O)Nc2ccc(S(=O)(=O)N3CCCC3)cc2)c1. The monoisotopic (exact) mass is 414 g/mol. The number of nitrogens with one attached hydrogen (secondary N) is 1. The van der Waals surface area contributed by atoms with E-state index in [2.05, 4.69) is 5.32 Å². The van der Waals surface area contributed by atoms with Crippen LogP contribution in [0.1, 0.15) is 25.3 Å². The number of amides is 1. The van der Waals surface area contributed by atoms with Gasteiger partial charge in [0.05, 0.1) is 4.90 Å². The zero-order valence-corrected chi connectivity index (χ0v) is 16.8. The van der Waals surface area contributed by atoms with Crippen molar-refractivity contribution in [1.82, 2.24) is 4.31 Å². The summed E-state index contributed by atoms with van der Waals surface area (Å²) in [5.74, 6) is -0.382. The van der Waals surface area contributed by atoms with Crippen LogP contribution in [-0.2, 0) is 19.6 Å². The van der Waals surface area contributed by atoms with Crippen LogP contribution in [-0.4, -0.2) is 37.7 Å². The van der Waals surface area contributed by atoms with Crippen molar-refractivity contribution in [3.8, 4) is 5.75 Å². The summed E-state index contributed by atoms with van der Waals surface area (Å²) < 4.78 is 31.5. The van der Waals surface area contributed by atoms with Gasteiger partial charge >= 0.3 is 5.97 Å². The van der Waals surface area contributed by atoms with Crippen LogP contribution >= 0.6 is 0 Å². The molecule has 1 aliphatic rings. The number of benzene rings is 2. The van der Waals surface area contributed by atoms with Gasteiger partial charge in [0.25, 0.3) is 0 Å². The first-order valence-corrected chi connectivity index (χ1v) is 10.7. The van der Waals surface area contributed by atoms with E-state index in [0.29, 0.717) is 30.1 Å². The average Bonchev–Trinajstić information content (AvgIpc) is 3.22. The summed E-state index contributed by atoms with van der Waals surface area (Å²) in [6, 6.07) is 12.9. The van der Waals surface area contributed by atoms with E-state index in [1.54, 1.807) is 42.5 Å². The molecular formula is C21H22N2O5S. The molecule has 0 saturated carbocycles. The van der Waals surface area contributed by atoms with Gasteiger partial charge in [-0.1, -0.05) is 12.1 Å². The second-order valence-electron chi connectivity index (χ2n) is 6.62. The maximum Gasteiger partial charge on any atom is 0.308 e.